The van der Waals surface area contributed by atoms with Crippen molar-refractivity contribution < 1.29 is 29.1 Å². The number of hydrogen-bond acceptors (Lipinski definition) is 8. The van der Waals surface area contributed by atoms with Crippen LogP contribution >= 0.6 is 27.5 Å². The van der Waals surface area contributed by atoms with Gasteiger partial charge in [0, 0.05) is 41.2 Å². The van der Waals surface area contributed by atoms with E-state index in [0.29, 0.717) is 33.1 Å². The fraction of sp³-hybridized carbons (Fsp3) is 0.219. The number of nitrogens with zero attached hydrogens (tertiary/aromatic N) is 3. The van der Waals surface area contributed by atoms with E-state index >= 15 is 0 Å². The van der Waals surface area contributed by atoms with Crippen molar-refractivity contribution in [2.75, 3.05) is 6.54 Å². The number of aromatic nitrogens is 2. The monoisotopic (exact) mass is 663 g/mol. The molecule has 9 nitrogen and oxygen atoms in total. The predicted molar refractivity (Wildman–Crippen MR) is 164 cm³/mol. The standard InChI is InChI=1S/C32H27BrClN3O6/c33-31-21(7-4-8-24(31)20-5-2-1-3-6-20)18-42-30-14-29(41-17-19-9-10-26-27(11-19)36-43-35-26)22(12-25(30)34)15-37-16-23(38)13-28(37)32(39)40/h1-12,14,23,28,38H,13,15-18H2,(H,39,40). The van der Waals surface area contributed by atoms with Gasteiger partial charge in [-0.25, -0.2) is 4.63 Å². The molecule has 220 valence electrons. The van der Waals surface area contributed by atoms with E-state index in [1.165, 1.54) is 0 Å². The van der Waals surface area contributed by atoms with Crippen molar-refractivity contribution in [2.24, 2.45) is 0 Å². The number of benzene rings is 4. The van der Waals surface area contributed by atoms with Crippen molar-refractivity contribution in [3.63, 3.8) is 0 Å². The van der Waals surface area contributed by atoms with Crippen molar-refractivity contribution >= 4 is 44.5 Å². The normalized spacial score (nSPS) is 16.9. The fourth-order valence-electron chi connectivity index (χ4n) is 5.24. The van der Waals surface area contributed by atoms with Gasteiger partial charge in [-0.1, -0.05) is 66.2 Å². The number of aliphatic carboxylic acids is 1. The van der Waals surface area contributed by atoms with Gasteiger partial charge < -0.3 is 19.7 Å². The van der Waals surface area contributed by atoms with Crippen LogP contribution in [0.15, 0.2) is 88.0 Å². The number of hydrogen-bond donors (Lipinski definition) is 2. The second-order valence-corrected chi connectivity index (χ2v) is 11.6. The number of rotatable bonds is 10. The van der Waals surface area contributed by atoms with Crippen molar-refractivity contribution in [2.45, 2.75) is 38.3 Å². The van der Waals surface area contributed by atoms with E-state index in [1.54, 1.807) is 23.1 Å². The molecule has 1 saturated heterocycles. The van der Waals surface area contributed by atoms with Crippen molar-refractivity contribution in [3.8, 4) is 22.6 Å². The second kappa shape index (κ2) is 12.7. The fourth-order valence-corrected chi connectivity index (χ4v) is 6.09. The molecule has 0 saturated carbocycles. The zero-order valence-electron chi connectivity index (χ0n) is 22.8. The highest BCUT2D eigenvalue weighted by Crippen LogP contribution is 2.37. The Bertz CT molecular complexity index is 1770. The molecular formula is C32H27BrClN3O6. The number of halogens is 2. The smallest absolute Gasteiger partial charge is 0.321 e. The summed E-state index contributed by atoms with van der Waals surface area (Å²) in [7, 11) is 0. The zero-order chi connectivity index (χ0) is 29.9. The third kappa shape index (κ3) is 6.52. The Labute approximate surface area is 260 Å². The Morgan fingerprint density at radius 3 is 2.56 bits per heavy atom. The molecule has 5 aromatic rings. The molecule has 6 rings (SSSR count). The molecule has 4 aromatic carbocycles. The molecule has 0 aliphatic carbocycles. The Hall–Kier alpha value is -3.96. The van der Waals surface area contributed by atoms with E-state index in [-0.39, 0.29) is 32.7 Å². The maximum atomic E-state index is 11.9. The maximum Gasteiger partial charge on any atom is 0.321 e. The van der Waals surface area contributed by atoms with E-state index < -0.39 is 18.1 Å². The van der Waals surface area contributed by atoms with Gasteiger partial charge in [-0.2, -0.15) is 0 Å². The predicted octanol–water partition coefficient (Wildman–Crippen LogP) is 6.48. The summed E-state index contributed by atoms with van der Waals surface area (Å²) in [5, 5.41) is 28.0. The number of ether oxygens (including phenoxy) is 2. The highest BCUT2D eigenvalue weighted by atomic mass is 79.9. The van der Waals surface area contributed by atoms with Crippen molar-refractivity contribution in [1.29, 1.82) is 0 Å². The maximum absolute atomic E-state index is 11.9. The number of likely N-dealkylation sites (tertiary alicyclic amines) is 1. The van der Waals surface area contributed by atoms with Gasteiger partial charge in [0.15, 0.2) is 0 Å². The van der Waals surface area contributed by atoms with Gasteiger partial charge in [-0.15, -0.1) is 0 Å². The number of aliphatic hydroxyl groups is 1. The van der Waals surface area contributed by atoms with Crippen molar-refractivity contribution in [1.82, 2.24) is 15.2 Å². The van der Waals surface area contributed by atoms with Crippen LogP contribution in [-0.2, 0) is 24.6 Å². The molecule has 1 aliphatic heterocycles. The molecule has 0 spiro atoms. The number of β-amino-alcohol motifs (C(OH)–C–C–N with tert-alkyl or cyclic N) is 1. The van der Waals surface area contributed by atoms with Crippen LogP contribution in [0, 0.1) is 0 Å². The Morgan fingerprint density at radius 1 is 0.953 bits per heavy atom. The minimum atomic E-state index is -0.983. The molecule has 0 amide bonds. The van der Waals surface area contributed by atoms with Crippen LogP contribution in [-0.4, -0.2) is 50.1 Å². The first-order chi connectivity index (χ1) is 20.9. The summed E-state index contributed by atoms with van der Waals surface area (Å²) in [6, 6.07) is 24.2. The number of carboxylic acid groups (broad SMARTS) is 1. The molecule has 0 radical (unpaired) electrons. The van der Waals surface area contributed by atoms with Gasteiger partial charge in [0.1, 0.15) is 41.8 Å². The average Bonchev–Trinajstić information content (AvgIpc) is 3.63. The summed E-state index contributed by atoms with van der Waals surface area (Å²) in [5.41, 5.74) is 5.84. The molecule has 2 unspecified atom stereocenters. The summed E-state index contributed by atoms with van der Waals surface area (Å²) in [6.07, 6.45) is -0.570. The molecule has 11 heteroatoms. The van der Waals surface area contributed by atoms with E-state index in [1.807, 2.05) is 48.5 Å². The highest BCUT2D eigenvalue weighted by Gasteiger charge is 2.36. The molecule has 1 aliphatic rings. The van der Waals surface area contributed by atoms with Gasteiger partial charge in [0.2, 0.25) is 0 Å². The van der Waals surface area contributed by atoms with Crippen LogP contribution in [0.4, 0.5) is 0 Å². The number of carboxylic acids is 1. The second-order valence-electron chi connectivity index (χ2n) is 10.4. The summed E-state index contributed by atoms with van der Waals surface area (Å²) in [4.78, 5) is 13.6. The molecule has 1 aromatic heterocycles. The third-order valence-corrected chi connectivity index (χ3v) is 8.65. The van der Waals surface area contributed by atoms with Crippen LogP contribution < -0.4 is 9.47 Å². The average molecular weight is 665 g/mol. The van der Waals surface area contributed by atoms with E-state index in [2.05, 4.69) is 38.4 Å². The zero-order valence-corrected chi connectivity index (χ0v) is 25.2. The molecule has 2 atom stereocenters. The highest BCUT2D eigenvalue weighted by molar-refractivity contribution is 9.10. The minimum Gasteiger partial charge on any atom is -0.488 e. The quantitative estimate of drug-likeness (QED) is 0.173. The molecule has 1 fully saturated rings. The van der Waals surface area contributed by atoms with Crippen LogP contribution in [0.5, 0.6) is 11.5 Å². The summed E-state index contributed by atoms with van der Waals surface area (Å²) >= 11 is 10.5. The summed E-state index contributed by atoms with van der Waals surface area (Å²) < 4.78 is 18.2. The largest absolute Gasteiger partial charge is 0.488 e. The van der Waals surface area contributed by atoms with Gasteiger partial charge >= 0.3 is 5.97 Å². The molecule has 43 heavy (non-hydrogen) atoms. The first-order valence-electron chi connectivity index (χ1n) is 13.6. The van der Waals surface area contributed by atoms with Gasteiger partial charge in [-0.3, -0.25) is 9.69 Å². The molecule has 2 heterocycles. The van der Waals surface area contributed by atoms with Crippen LogP contribution in [0.3, 0.4) is 0 Å². The van der Waals surface area contributed by atoms with Crippen LogP contribution in [0.25, 0.3) is 22.2 Å². The Balaban J connectivity index is 1.27. The topological polar surface area (TPSA) is 118 Å². The Morgan fingerprint density at radius 2 is 1.74 bits per heavy atom. The Kier molecular flexibility index (Phi) is 8.62. The lowest BCUT2D eigenvalue weighted by atomic mass is 10.0. The van der Waals surface area contributed by atoms with Gasteiger partial charge in [-0.05, 0) is 61.1 Å². The number of carbonyl (C=O) groups is 1. The molecule has 2 N–H and O–H groups in total. The lowest BCUT2D eigenvalue weighted by Crippen LogP contribution is -2.35. The van der Waals surface area contributed by atoms with Gasteiger partial charge in [0.25, 0.3) is 0 Å². The first kappa shape index (κ1) is 29.1. The lowest BCUT2D eigenvalue weighted by molar-refractivity contribution is -0.142. The number of aliphatic hydroxyl groups excluding tert-OH is 1. The SMILES string of the molecule is O=C(O)C1CC(O)CN1Cc1cc(Cl)c(OCc2cccc(-c3ccccc3)c2Br)cc1OCc1ccc2nonc2c1. The van der Waals surface area contributed by atoms with Crippen LogP contribution in [0.1, 0.15) is 23.1 Å². The van der Waals surface area contributed by atoms with Gasteiger partial charge in [0.05, 0.1) is 11.1 Å². The molecular weight excluding hydrogens is 638 g/mol. The number of fused-ring (bicyclic) bond motifs is 1. The first-order valence-corrected chi connectivity index (χ1v) is 14.8. The lowest BCUT2D eigenvalue weighted by Gasteiger charge is -2.23. The van der Waals surface area contributed by atoms with Crippen molar-refractivity contribution in [3.05, 3.63) is 105 Å². The van der Waals surface area contributed by atoms with E-state index in [0.717, 1.165) is 26.7 Å². The van der Waals surface area contributed by atoms with E-state index in [9.17, 15) is 15.0 Å². The summed E-state index contributed by atoms with van der Waals surface area (Å²) in [6.45, 7) is 0.898. The third-order valence-electron chi connectivity index (χ3n) is 7.41. The summed E-state index contributed by atoms with van der Waals surface area (Å²) in [5.74, 6) is -0.0758. The van der Waals surface area contributed by atoms with E-state index in [4.69, 9.17) is 25.7 Å². The molecule has 0 bridgehead atoms. The minimum absolute atomic E-state index is 0.156. The van der Waals surface area contributed by atoms with Crippen LogP contribution in [0.2, 0.25) is 5.02 Å².